The van der Waals surface area contributed by atoms with Gasteiger partial charge in [0, 0.05) is 11.8 Å². The molecule has 0 spiro atoms. The van der Waals surface area contributed by atoms with E-state index in [0.717, 1.165) is 5.69 Å². The first kappa shape index (κ1) is 10.9. The Bertz CT molecular complexity index is 469. The van der Waals surface area contributed by atoms with Crippen LogP contribution in [0.15, 0.2) is 42.6 Å². The predicted molar refractivity (Wildman–Crippen MR) is 68.5 cm³/mol. The Morgan fingerprint density at radius 2 is 1.75 bits per heavy atom. The predicted octanol–water partition coefficient (Wildman–Crippen LogP) is 4.18. The zero-order chi connectivity index (χ0) is 11.5. The highest BCUT2D eigenvalue weighted by Crippen LogP contribution is 2.22. The van der Waals surface area contributed by atoms with Crippen molar-refractivity contribution in [2.75, 3.05) is 0 Å². The fourth-order valence-electron chi connectivity index (χ4n) is 1.77. The number of pyridine rings is 1. The van der Waals surface area contributed by atoms with Gasteiger partial charge in [-0.25, -0.2) is 0 Å². The number of benzene rings is 1. The molecule has 1 heteroatoms. The van der Waals surface area contributed by atoms with Crippen molar-refractivity contribution in [2.45, 2.75) is 26.7 Å². The monoisotopic (exact) mass is 211 g/mol. The second-order valence-corrected chi connectivity index (χ2v) is 4.45. The summed E-state index contributed by atoms with van der Waals surface area (Å²) < 4.78 is 0. The molecule has 0 atom stereocenters. The number of aryl methyl sites for hydroxylation is 1. The van der Waals surface area contributed by atoms with Gasteiger partial charge in [-0.15, -0.1) is 0 Å². The Balaban J connectivity index is 2.39. The van der Waals surface area contributed by atoms with Gasteiger partial charge >= 0.3 is 0 Å². The van der Waals surface area contributed by atoms with Gasteiger partial charge in [-0.1, -0.05) is 44.2 Å². The van der Waals surface area contributed by atoms with Crippen LogP contribution in [-0.2, 0) is 0 Å². The fourth-order valence-corrected chi connectivity index (χ4v) is 1.77. The summed E-state index contributed by atoms with van der Waals surface area (Å²) in [6, 6.07) is 12.6. The van der Waals surface area contributed by atoms with Crippen LogP contribution in [0.5, 0.6) is 0 Å². The minimum Gasteiger partial charge on any atom is -0.256 e. The van der Waals surface area contributed by atoms with E-state index in [9.17, 15) is 0 Å². The van der Waals surface area contributed by atoms with E-state index in [4.69, 9.17) is 0 Å². The Morgan fingerprint density at radius 1 is 1.00 bits per heavy atom. The number of hydrogen-bond acceptors (Lipinski definition) is 1. The molecule has 1 aromatic carbocycles. The van der Waals surface area contributed by atoms with Crippen LogP contribution < -0.4 is 0 Å². The summed E-state index contributed by atoms with van der Waals surface area (Å²) in [6.45, 7) is 6.49. The standard InChI is InChI=1S/C15H17N/c1-11(2)13-8-9-15(16-10-13)14-7-5-4-6-12(14)3/h4-11H,1-3H3. The molecule has 1 nitrogen and oxygen atoms in total. The van der Waals surface area contributed by atoms with E-state index in [0.29, 0.717) is 5.92 Å². The second kappa shape index (κ2) is 4.48. The number of hydrogen-bond donors (Lipinski definition) is 0. The van der Waals surface area contributed by atoms with Crippen molar-refractivity contribution in [2.24, 2.45) is 0 Å². The number of nitrogens with zero attached hydrogens (tertiary/aromatic N) is 1. The van der Waals surface area contributed by atoms with E-state index < -0.39 is 0 Å². The number of aromatic nitrogens is 1. The minimum atomic E-state index is 0.540. The summed E-state index contributed by atoms with van der Waals surface area (Å²) in [5.74, 6) is 0.540. The van der Waals surface area contributed by atoms with Gasteiger partial charge in [0.2, 0.25) is 0 Å². The summed E-state index contributed by atoms with van der Waals surface area (Å²) in [5, 5.41) is 0. The molecule has 82 valence electrons. The van der Waals surface area contributed by atoms with Crippen molar-refractivity contribution in [1.29, 1.82) is 0 Å². The van der Waals surface area contributed by atoms with E-state index in [-0.39, 0.29) is 0 Å². The van der Waals surface area contributed by atoms with Crippen LogP contribution in [0.1, 0.15) is 30.9 Å². The van der Waals surface area contributed by atoms with Gasteiger partial charge in [0.25, 0.3) is 0 Å². The van der Waals surface area contributed by atoms with Crippen LogP contribution in [-0.4, -0.2) is 4.98 Å². The first-order valence-corrected chi connectivity index (χ1v) is 5.70. The van der Waals surface area contributed by atoms with Crippen molar-refractivity contribution in [1.82, 2.24) is 4.98 Å². The highest BCUT2D eigenvalue weighted by Gasteiger charge is 2.03. The molecule has 0 amide bonds. The zero-order valence-electron chi connectivity index (χ0n) is 10.1. The van der Waals surface area contributed by atoms with Crippen molar-refractivity contribution >= 4 is 0 Å². The molecule has 1 heterocycles. The van der Waals surface area contributed by atoms with Crippen molar-refractivity contribution < 1.29 is 0 Å². The van der Waals surface area contributed by atoms with Gasteiger partial charge in [-0.05, 0) is 30.0 Å². The van der Waals surface area contributed by atoms with E-state index in [1.165, 1.54) is 16.7 Å². The third kappa shape index (κ3) is 2.13. The second-order valence-electron chi connectivity index (χ2n) is 4.45. The normalized spacial score (nSPS) is 10.8. The first-order chi connectivity index (χ1) is 7.68. The van der Waals surface area contributed by atoms with Crippen LogP contribution in [0.25, 0.3) is 11.3 Å². The molecule has 0 bridgehead atoms. The molecular formula is C15H17N. The molecule has 16 heavy (non-hydrogen) atoms. The summed E-state index contributed by atoms with van der Waals surface area (Å²) in [6.07, 6.45) is 1.98. The molecule has 0 saturated heterocycles. The molecule has 2 rings (SSSR count). The van der Waals surface area contributed by atoms with Crippen LogP contribution in [0.3, 0.4) is 0 Å². The molecule has 0 unspecified atom stereocenters. The molecule has 0 saturated carbocycles. The highest BCUT2D eigenvalue weighted by atomic mass is 14.7. The third-order valence-corrected chi connectivity index (χ3v) is 2.87. The van der Waals surface area contributed by atoms with Crippen molar-refractivity contribution in [3.05, 3.63) is 53.7 Å². The lowest BCUT2D eigenvalue weighted by Crippen LogP contribution is -1.91. The van der Waals surface area contributed by atoms with Gasteiger partial charge in [0.1, 0.15) is 0 Å². The van der Waals surface area contributed by atoms with E-state index in [1.54, 1.807) is 0 Å². The van der Waals surface area contributed by atoms with E-state index in [2.05, 4.69) is 62.2 Å². The van der Waals surface area contributed by atoms with Gasteiger partial charge in [-0.2, -0.15) is 0 Å². The maximum atomic E-state index is 4.53. The average Bonchev–Trinajstić information content (AvgIpc) is 2.30. The fraction of sp³-hybridized carbons (Fsp3) is 0.267. The topological polar surface area (TPSA) is 12.9 Å². The van der Waals surface area contributed by atoms with E-state index in [1.807, 2.05) is 6.20 Å². The van der Waals surface area contributed by atoms with Gasteiger partial charge in [0.05, 0.1) is 5.69 Å². The molecule has 0 aliphatic heterocycles. The van der Waals surface area contributed by atoms with Crippen molar-refractivity contribution in [3.8, 4) is 11.3 Å². The number of rotatable bonds is 2. The molecule has 0 radical (unpaired) electrons. The molecule has 1 aromatic heterocycles. The lowest BCUT2D eigenvalue weighted by Gasteiger charge is -2.07. The molecule has 2 aromatic rings. The average molecular weight is 211 g/mol. The Kier molecular flexibility index (Phi) is 3.04. The lowest BCUT2D eigenvalue weighted by atomic mass is 10.0. The Hall–Kier alpha value is -1.63. The van der Waals surface area contributed by atoms with Crippen LogP contribution in [0, 0.1) is 6.92 Å². The zero-order valence-corrected chi connectivity index (χ0v) is 10.1. The Labute approximate surface area is 97.2 Å². The maximum Gasteiger partial charge on any atom is 0.0704 e. The third-order valence-electron chi connectivity index (χ3n) is 2.87. The highest BCUT2D eigenvalue weighted by molar-refractivity contribution is 5.63. The largest absolute Gasteiger partial charge is 0.256 e. The van der Waals surface area contributed by atoms with Crippen LogP contribution in [0.2, 0.25) is 0 Å². The quantitative estimate of drug-likeness (QED) is 0.726. The van der Waals surface area contributed by atoms with Crippen LogP contribution in [0.4, 0.5) is 0 Å². The van der Waals surface area contributed by atoms with Gasteiger partial charge in [-0.3, -0.25) is 4.98 Å². The molecular weight excluding hydrogens is 194 g/mol. The van der Waals surface area contributed by atoms with Crippen molar-refractivity contribution in [3.63, 3.8) is 0 Å². The first-order valence-electron chi connectivity index (χ1n) is 5.70. The molecule has 0 N–H and O–H groups in total. The maximum absolute atomic E-state index is 4.53. The summed E-state index contributed by atoms with van der Waals surface area (Å²) in [5.41, 5.74) is 4.84. The summed E-state index contributed by atoms with van der Waals surface area (Å²) in [4.78, 5) is 4.53. The SMILES string of the molecule is Cc1ccccc1-c1ccc(C(C)C)cn1. The summed E-state index contributed by atoms with van der Waals surface area (Å²) >= 11 is 0. The molecule has 0 fully saturated rings. The van der Waals surface area contributed by atoms with Crippen LogP contribution >= 0.6 is 0 Å². The minimum absolute atomic E-state index is 0.540. The van der Waals surface area contributed by atoms with E-state index >= 15 is 0 Å². The van der Waals surface area contributed by atoms with Gasteiger partial charge in [0.15, 0.2) is 0 Å². The summed E-state index contributed by atoms with van der Waals surface area (Å²) in [7, 11) is 0. The lowest BCUT2D eigenvalue weighted by molar-refractivity contribution is 0.859. The Morgan fingerprint density at radius 3 is 2.31 bits per heavy atom. The smallest absolute Gasteiger partial charge is 0.0704 e. The van der Waals surface area contributed by atoms with Gasteiger partial charge < -0.3 is 0 Å². The molecule has 0 aliphatic rings. The molecule has 0 aliphatic carbocycles.